The highest BCUT2D eigenvalue weighted by atomic mass is 35.5. The average molecular weight is 421 g/mol. The number of benzene rings is 2. The number of carbonyl (C=O) groups excluding carboxylic acids is 1. The number of nitrogens with one attached hydrogen (secondary N) is 1. The van der Waals surface area contributed by atoms with E-state index in [9.17, 15) is 13.2 Å². The van der Waals surface area contributed by atoms with Gasteiger partial charge >= 0.3 is 5.97 Å². The Balaban J connectivity index is 1.60. The van der Waals surface area contributed by atoms with Gasteiger partial charge in [0, 0.05) is 5.02 Å². The number of thiophene rings is 1. The Bertz CT molecular complexity index is 1050. The normalized spacial score (nSPS) is 11.4. The fourth-order valence-electron chi connectivity index (χ4n) is 2.01. The predicted octanol–water partition coefficient (Wildman–Crippen LogP) is 3.93. The van der Waals surface area contributed by atoms with Crippen molar-refractivity contribution in [2.75, 3.05) is 0 Å². The summed E-state index contributed by atoms with van der Waals surface area (Å²) in [6, 6.07) is 15.7. The highest BCUT2D eigenvalue weighted by Gasteiger charge is 2.12. The maximum absolute atomic E-state index is 12.1. The quantitative estimate of drug-likeness (QED) is 0.283. The van der Waals surface area contributed by atoms with Crippen LogP contribution in [0.2, 0.25) is 5.02 Å². The van der Waals surface area contributed by atoms with Crippen molar-refractivity contribution in [1.29, 1.82) is 0 Å². The third-order valence-corrected chi connectivity index (χ3v) is 5.66. The zero-order chi connectivity index (χ0) is 19.3. The molecule has 0 saturated heterocycles. The first-order valence-corrected chi connectivity index (χ1v) is 10.3. The first kappa shape index (κ1) is 19.1. The number of esters is 1. The monoisotopic (exact) mass is 420 g/mol. The summed E-state index contributed by atoms with van der Waals surface area (Å²) in [5.41, 5.74) is 0.629. The van der Waals surface area contributed by atoms with E-state index in [1.807, 2.05) is 0 Å². The molecule has 0 amide bonds. The molecular formula is C18H13ClN2O4S2. The van der Waals surface area contributed by atoms with Crippen LogP contribution >= 0.6 is 22.9 Å². The molecule has 0 aliphatic rings. The lowest BCUT2D eigenvalue weighted by atomic mass is 10.2. The molecule has 1 aromatic heterocycles. The van der Waals surface area contributed by atoms with Crippen molar-refractivity contribution >= 4 is 45.1 Å². The second kappa shape index (κ2) is 8.34. The van der Waals surface area contributed by atoms with Gasteiger partial charge in [-0.1, -0.05) is 17.7 Å². The molecule has 0 unspecified atom stereocenters. The number of hydrazone groups is 1. The predicted molar refractivity (Wildman–Crippen MR) is 105 cm³/mol. The molecule has 27 heavy (non-hydrogen) atoms. The smallest absolute Gasteiger partial charge is 0.353 e. The van der Waals surface area contributed by atoms with Gasteiger partial charge in [0.2, 0.25) is 0 Å². The van der Waals surface area contributed by atoms with Gasteiger partial charge in [-0.3, -0.25) is 0 Å². The molecule has 0 spiro atoms. The summed E-state index contributed by atoms with van der Waals surface area (Å²) in [6.45, 7) is 0. The van der Waals surface area contributed by atoms with Crippen molar-refractivity contribution in [2.24, 2.45) is 5.10 Å². The van der Waals surface area contributed by atoms with Crippen LogP contribution in [0.3, 0.4) is 0 Å². The highest BCUT2D eigenvalue weighted by Crippen LogP contribution is 2.16. The lowest BCUT2D eigenvalue weighted by molar-refractivity contribution is 0.0740. The zero-order valence-electron chi connectivity index (χ0n) is 13.7. The number of carbonyl (C=O) groups is 1. The first-order valence-electron chi connectivity index (χ1n) is 7.60. The van der Waals surface area contributed by atoms with Gasteiger partial charge in [-0.25, -0.2) is 9.63 Å². The Kier molecular flexibility index (Phi) is 5.90. The van der Waals surface area contributed by atoms with Crippen LogP contribution in [0.15, 0.2) is 76.0 Å². The number of rotatable bonds is 6. The van der Waals surface area contributed by atoms with Crippen LogP contribution in [-0.2, 0) is 10.0 Å². The third-order valence-electron chi connectivity index (χ3n) is 3.32. The standard InChI is InChI=1S/C18H13ClN2O4S2/c19-14-5-9-16(10-6-14)27(23,24)21-20-12-13-3-7-15(8-4-13)25-18(22)17-2-1-11-26-17/h1-12,21H/b20-12-. The fourth-order valence-corrected chi connectivity index (χ4v) is 3.53. The van der Waals surface area contributed by atoms with E-state index in [1.165, 1.54) is 41.8 Å². The summed E-state index contributed by atoms with van der Waals surface area (Å²) in [4.78, 5) is 14.6. The Morgan fingerprint density at radius 3 is 2.41 bits per heavy atom. The van der Waals surface area contributed by atoms with Crippen LogP contribution in [-0.4, -0.2) is 20.6 Å². The highest BCUT2D eigenvalue weighted by molar-refractivity contribution is 7.89. The summed E-state index contributed by atoms with van der Waals surface area (Å²) in [5, 5.41) is 5.98. The van der Waals surface area contributed by atoms with Crippen LogP contribution in [0, 0.1) is 0 Å². The van der Waals surface area contributed by atoms with E-state index in [0.717, 1.165) is 0 Å². The van der Waals surface area contributed by atoms with Gasteiger partial charge in [-0.05, 0) is 65.5 Å². The maximum atomic E-state index is 12.1. The first-order chi connectivity index (χ1) is 12.9. The molecule has 0 bridgehead atoms. The molecule has 1 N–H and O–H groups in total. The number of sulfonamides is 1. The van der Waals surface area contributed by atoms with Crippen LogP contribution in [0.4, 0.5) is 0 Å². The molecule has 0 atom stereocenters. The molecule has 0 aliphatic carbocycles. The van der Waals surface area contributed by atoms with Gasteiger partial charge in [0.25, 0.3) is 10.0 Å². The lowest BCUT2D eigenvalue weighted by Crippen LogP contribution is -2.18. The van der Waals surface area contributed by atoms with Crippen molar-refractivity contribution in [1.82, 2.24) is 4.83 Å². The number of nitrogens with zero attached hydrogens (tertiary/aromatic N) is 1. The molecule has 2 aromatic carbocycles. The minimum absolute atomic E-state index is 0.0555. The minimum atomic E-state index is -3.77. The van der Waals surface area contributed by atoms with Gasteiger partial charge in [-0.15, -0.1) is 11.3 Å². The van der Waals surface area contributed by atoms with E-state index in [2.05, 4.69) is 9.93 Å². The molecule has 0 fully saturated rings. The van der Waals surface area contributed by atoms with E-state index in [0.29, 0.717) is 21.2 Å². The SMILES string of the molecule is O=C(Oc1ccc(/C=N\NS(=O)(=O)c2ccc(Cl)cc2)cc1)c1cccs1. The summed E-state index contributed by atoms with van der Waals surface area (Å²) in [5.74, 6) is -0.0468. The molecule has 0 saturated carbocycles. The van der Waals surface area contributed by atoms with Crippen molar-refractivity contribution in [2.45, 2.75) is 4.90 Å². The topological polar surface area (TPSA) is 84.8 Å². The van der Waals surface area contributed by atoms with Crippen LogP contribution in [0.1, 0.15) is 15.2 Å². The minimum Gasteiger partial charge on any atom is -0.422 e. The third kappa shape index (κ3) is 5.16. The number of halogens is 1. The van der Waals surface area contributed by atoms with E-state index >= 15 is 0 Å². The van der Waals surface area contributed by atoms with Gasteiger partial charge in [0.15, 0.2) is 0 Å². The molecule has 0 radical (unpaired) electrons. The average Bonchev–Trinajstić information content (AvgIpc) is 3.18. The second-order valence-electron chi connectivity index (χ2n) is 5.24. The maximum Gasteiger partial charge on any atom is 0.353 e. The van der Waals surface area contributed by atoms with E-state index < -0.39 is 16.0 Å². The van der Waals surface area contributed by atoms with Gasteiger partial charge in [0.1, 0.15) is 10.6 Å². The van der Waals surface area contributed by atoms with Crippen molar-refractivity contribution in [3.05, 3.63) is 81.5 Å². The van der Waals surface area contributed by atoms with Crippen molar-refractivity contribution in [3.8, 4) is 5.75 Å². The van der Waals surface area contributed by atoms with Crippen LogP contribution < -0.4 is 9.57 Å². The second-order valence-corrected chi connectivity index (χ2v) is 8.29. The molecule has 9 heteroatoms. The van der Waals surface area contributed by atoms with Gasteiger partial charge in [0.05, 0.1) is 11.1 Å². The fraction of sp³-hybridized carbons (Fsp3) is 0. The Morgan fingerprint density at radius 2 is 1.78 bits per heavy atom. The summed E-state index contributed by atoms with van der Waals surface area (Å²) in [6.07, 6.45) is 1.35. The molecular weight excluding hydrogens is 408 g/mol. The van der Waals surface area contributed by atoms with E-state index in [1.54, 1.807) is 41.8 Å². The number of hydrogen-bond acceptors (Lipinski definition) is 6. The van der Waals surface area contributed by atoms with E-state index in [4.69, 9.17) is 16.3 Å². The summed E-state index contributed by atoms with van der Waals surface area (Å²) in [7, 11) is -3.77. The number of ether oxygens (including phenoxy) is 1. The molecule has 6 nitrogen and oxygen atoms in total. The Morgan fingerprint density at radius 1 is 1.07 bits per heavy atom. The lowest BCUT2D eigenvalue weighted by Gasteiger charge is -2.04. The van der Waals surface area contributed by atoms with Crippen molar-refractivity contribution in [3.63, 3.8) is 0 Å². The largest absolute Gasteiger partial charge is 0.422 e. The Hall–Kier alpha value is -2.68. The Labute approximate surface area is 165 Å². The van der Waals surface area contributed by atoms with Crippen LogP contribution in [0.5, 0.6) is 5.75 Å². The molecule has 0 aliphatic heterocycles. The zero-order valence-corrected chi connectivity index (χ0v) is 16.1. The molecule has 3 aromatic rings. The molecule has 3 rings (SSSR count). The van der Waals surface area contributed by atoms with Crippen LogP contribution in [0.25, 0.3) is 0 Å². The summed E-state index contributed by atoms with van der Waals surface area (Å²) < 4.78 is 29.4. The molecule has 138 valence electrons. The van der Waals surface area contributed by atoms with E-state index in [-0.39, 0.29) is 4.90 Å². The summed E-state index contributed by atoms with van der Waals surface area (Å²) >= 11 is 7.04. The van der Waals surface area contributed by atoms with Gasteiger partial charge < -0.3 is 4.74 Å². The molecule has 1 heterocycles. The van der Waals surface area contributed by atoms with Gasteiger partial charge in [-0.2, -0.15) is 13.5 Å². The number of hydrogen-bond donors (Lipinski definition) is 1. The van der Waals surface area contributed by atoms with Crippen molar-refractivity contribution < 1.29 is 17.9 Å².